The molecule has 1 aliphatic heterocycles. The summed E-state index contributed by atoms with van der Waals surface area (Å²) in [5.74, 6) is -0.941. The molecule has 1 aliphatic carbocycles. The summed E-state index contributed by atoms with van der Waals surface area (Å²) in [6.45, 7) is 1.00. The Labute approximate surface area is 93.0 Å². The average molecular weight is 224 g/mol. The van der Waals surface area contributed by atoms with E-state index in [9.17, 15) is 8.78 Å². The molecule has 0 spiro atoms. The lowest BCUT2D eigenvalue weighted by Gasteiger charge is -2.23. The van der Waals surface area contributed by atoms with Crippen LogP contribution in [0.25, 0.3) is 0 Å². The standard InChI is InChI=1S/C12H14F2N2/c13-7-3-9-10(11(14)4-7)6-16(8-1-2-8)12(9)5-15/h3-4,8,12H,1-2,5-6,15H2. The van der Waals surface area contributed by atoms with E-state index in [0.717, 1.165) is 24.5 Å². The number of hydrogen-bond acceptors (Lipinski definition) is 2. The summed E-state index contributed by atoms with van der Waals surface area (Å²) in [5, 5.41) is 0. The molecule has 2 N–H and O–H groups in total. The first-order chi connectivity index (χ1) is 7.70. The van der Waals surface area contributed by atoms with Crippen LogP contribution in [0.2, 0.25) is 0 Å². The fraction of sp³-hybridized carbons (Fsp3) is 0.500. The fourth-order valence-corrected chi connectivity index (χ4v) is 2.61. The van der Waals surface area contributed by atoms with Crippen molar-refractivity contribution in [3.63, 3.8) is 0 Å². The zero-order valence-corrected chi connectivity index (χ0v) is 8.92. The first-order valence-electron chi connectivity index (χ1n) is 5.64. The van der Waals surface area contributed by atoms with E-state index in [0.29, 0.717) is 24.7 Å². The van der Waals surface area contributed by atoms with Crippen LogP contribution in [0.1, 0.15) is 30.0 Å². The number of nitrogens with two attached hydrogens (primary N) is 1. The third-order valence-corrected chi connectivity index (χ3v) is 3.53. The molecule has 1 heterocycles. The molecule has 2 nitrogen and oxygen atoms in total. The van der Waals surface area contributed by atoms with Gasteiger partial charge in [0.05, 0.1) is 0 Å². The molecule has 0 aromatic heterocycles. The monoisotopic (exact) mass is 224 g/mol. The molecule has 4 heteroatoms. The SMILES string of the molecule is NCC1c2cc(F)cc(F)c2CN1C1CC1. The molecule has 3 rings (SSSR count). The van der Waals surface area contributed by atoms with Gasteiger partial charge in [-0.25, -0.2) is 8.78 Å². The molecule has 0 amide bonds. The summed E-state index contributed by atoms with van der Waals surface area (Å²) >= 11 is 0. The Morgan fingerprint density at radius 1 is 1.31 bits per heavy atom. The Balaban J connectivity index is 2.03. The highest BCUT2D eigenvalue weighted by molar-refractivity contribution is 5.36. The van der Waals surface area contributed by atoms with E-state index in [-0.39, 0.29) is 6.04 Å². The van der Waals surface area contributed by atoms with Crippen LogP contribution in [-0.4, -0.2) is 17.5 Å². The van der Waals surface area contributed by atoms with Gasteiger partial charge in [0.25, 0.3) is 0 Å². The van der Waals surface area contributed by atoms with Crippen LogP contribution in [-0.2, 0) is 6.54 Å². The van der Waals surface area contributed by atoms with Gasteiger partial charge in [-0.05, 0) is 24.5 Å². The van der Waals surface area contributed by atoms with Crippen molar-refractivity contribution in [2.45, 2.75) is 31.5 Å². The predicted octanol–water partition coefficient (Wildman–Crippen LogP) is 1.94. The fourth-order valence-electron chi connectivity index (χ4n) is 2.61. The van der Waals surface area contributed by atoms with E-state index in [2.05, 4.69) is 4.90 Å². The molecule has 2 aliphatic rings. The number of fused-ring (bicyclic) bond motifs is 1. The van der Waals surface area contributed by atoms with Crippen LogP contribution < -0.4 is 5.73 Å². The van der Waals surface area contributed by atoms with E-state index < -0.39 is 11.6 Å². The smallest absolute Gasteiger partial charge is 0.130 e. The van der Waals surface area contributed by atoms with Gasteiger partial charge in [-0.2, -0.15) is 0 Å². The second-order valence-electron chi connectivity index (χ2n) is 4.61. The number of benzene rings is 1. The summed E-state index contributed by atoms with van der Waals surface area (Å²) in [6, 6.07) is 2.90. The molecule has 1 saturated carbocycles. The van der Waals surface area contributed by atoms with Crippen LogP contribution in [0.3, 0.4) is 0 Å². The van der Waals surface area contributed by atoms with Gasteiger partial charge in [0.2, 0.25) is 0 Å². The van der Waals surface area contributed by atoms with Crippen LogP contribution in [0.4, 0.5) is 8.78 Å². The quantitative estimate of drug-likeness (QED) is 0.831. The summed E-state index contributed by atoms with van der Waals surface area (Å²) < 4.78 is 26.8. The topological polar surface area (TPSA) is 29.3 Å². The van der Waals surface area contributed by atoms with Gasteiger partial charge in [0.15, 0.2) is 0 Å². The lowest BCUT2D eigenvalue weighted by atomic mass is 10.0. The molecule has 0 saturated heterocycles. The highest BCUT2D eigenvalue weighted by atomic mass is 19.1. The molecule has 1 aromatic rings. The van der Waals surface area contributed by atoms with Crippen molar-refractivity contribution in [2.75, 3.05) is 6.54 Å². The maximum Gasteiger partial charge on any atom is 0.130 e. The zero-order chi connectivity index (χ0) is 11.3. The predicted molar refractivity (Wildman–Crippen MR) is 56.7 cm³/mol. The molecule has 0 bridgehead atoms. The van der Waals surface area contributed by atoms with E-state index in [1.807, 2.05) is 0 Å². The zero-order valence-electron chi connectivity index (χ0n) is 8.92. The molecule has 1 atom stereocenters. The summed E-state index contributed by atoms with van der Waals surface area (Å²) in [6.07, 6.45) is 2.29. The second kappa shape index (κ2) is 3.50. The minimum absolute atomic E-state index is 0.00676. The molecule has 1 unspecified atom stereocenters. The van der Waals surface area contributed by atoms with Crippen molar-refractivity contribution in [1.29, 1.82) is 0 Å². The van der Waals surface area contributed by atoms with Gasteiger partial charge in [0, 0.05) is 36.8 Å². The Kier molecular flexibility index (Phi) is 2.23. The summed E-state index contributed by atoms with van der Waals surface area (Å²) in [7, 11) is 0. The molecule has 86 valence electrons. The van der Waals surface area contributed by atoms with Crippen molar-refractivity contribution >= 4 is 0 Å². The summed E-state index contributed by atoms with van der Waals surface area (Å²) in [5.41, 5.74) is 7.09. The lowest BCUT2D eigenvalue weighted by Crippen LogP contribution is -2.29. The first kappa shape index (κ1) is 10.2. The van der Waals surface area contributed by atoms with E-state index in [4.69, 9.17) is 5.73 Å². The van der Waals surface area contributed by atoms with Crippen LogP contribution in [0.5, 0.6) is 0 Å². The van der Waals surface area contributed by atoms with Crippen LogP contribution in [0.15, 0.2) is 12.1 Å². The van der Waals surface area contributed by atoms with Crippen molar-refractivity contribution in [3.8, 4) is 0 Å². The number of rotatable bonds is 2. The third-order valence-electron chi connectivity index (χ3n) is 3.53. The lowest BCUT2D eigenvalue weighted by molar-refractivity contribution is 0.208. The minimum Gasteiger partial charge on any atom is -0.329 e. The highest BCUT2D eigenvalue weighted by Crippen LogP contribution is 2.42. The second-order valence-corrected chi connectivity index (χ2v) is 4.61. The van der Waals surface area contributed by atoms with Gasteiger partial charge in [-0.1, -0.05) is 0 Å². The van der Waals surface area contributed by atoms with Crippen LogP contribution >= 0.6 is 0 Å². The minimum atomic E-state index is -0.507. The van der Waals surface area contributed by atoms with Crippen molar-refractivity contribution in [1.82, 2.24) is 4.90 Å². The average Bonchev–Trinajstić information content (AvgIpc) is 3.00. The normalized spacial score (nSPS) is 24.8. The molecular formula is C12H14F2N2. The Morgan fingerprint density at radius 2 is 2.06 bits per heavy atom. The number of halogens is 2. The van der Waals surface area contributed by atoms with Crippen molar-refractivity contribution < 1.29 is 8.78 Å². The molecule has 0 radical (unpaired) electrons. The first-order valence-corrected chi connectivity index (χ1v) is 5.64. The van der Waals surface area contributed by atoms with Gasteiger partial charge in [-0.15, -0.1) is 0 Å². The van der Waals surface area contributed by atoms with Gasteiger partial charge < -0.3 is 5.73 Å². The molecule has 16 heavy (non-hydrogen) atoms. The van der Waals surface area contributed by atoms with Crippen molar-refractivity contribution in [3.05, 3.63) is 34.9 Å². The Hall–Kier alpha value is -1.00. The maximum atomic E-state index is 13.6. The summed E-state index contributed by atoms with van der Waals surface area (Å²) in [4.78, 5) is 2.20. The molecule has 1 aromatic carbocycles. The number of hydrogen-bond donors (Lipinski definition) is 1. The highest BCUT2D eigenvalue weighted by Gasteiger charge is 2.40. The third kappa shape index (κ3) is 1.44. The Morgan fingerprint density at radius 3 is 2.69 bits per heavy atom. The van der Waals surface area contributed by atoms with Crippen molar-refractivity contribution in [2.24, 2.45) is 5.73 Å². The Bertz CT molecular complexity index is 429. The van der Waals surface area contributed by atoms with E-state index >= 15 is 0 Å². The largest absolute Gasteiger partial charge is 0.329 e. The van der Waals surface area contributed by atoms with Gasteiger partial charge >= 0.3 is 0 Å². The van der Waals surface area contributed by atoms with Gasteiger partial charge in [-0.3, -0.25) is 4.90 Å². The number of nitrogens with zero attached hydrogens (tertiary/aromatic N) is 1. The van der Waals surface area contributed by atoms with Gasteiger partial charge in [0.1, 0.15) is 11.6 Å². The molecular weight excluding hydrogens is 210 g/mol. The maximum absolute atomic E-state index is 13.6. The van der Waals surface area contributed by atoms with E-state index in [1.165, 1.54) is 6.07 Å². The van der Waals surface area contributed by atoms with E-state index in [1.54, 1.807) is 0 Å². The molecule has 1 fully saturated rings. The van der Waals surface area contributed by atoms with Crippen LogP contribution in [0, 0.1) is 11.6 Å².